The van der Waals surface area contributed by atoms with E-state index in [0.717, 1.165) is 0 Å². The minimum absolute atomic E-state index is 0.00198. The first kappa shape index (κ1) is 47.2. The lowest BCUT2D eigenvalue weighted by Crippen LogP contribution is -2.62. The van der Waals surface area contributed by atoms with Crippen LogP contribution in [-0.4, -0.2) is 124 Å². The first-order chi connectivity index (χ1) is 23.8. The number of nitrogens with one attached hydrogen (secondary N) is 2. The van der Waals surface area contributed by atoms with E-state index in [1.807, 2.05) is 10.6 Å². The molecule has 23 heteroatoms. The Hall–Kier alpha value is -3.86. The number of hydrogen-bond donors (Lipinski definition) is 2. The average molecular weight is 795 g/mol. The summed E-state index contributed by atoms with van der Waals surface area (Å²) in [5.74, 6) is -20.7. The van der Waals surface area contributed by atoms with Gasteiger partial charge in [-0.3, -0.25) is 9.47 Å². The standard InChI is InChI=1S/C30H41F10N3O10/c1-17(2)19(44)48-12-10-41-22(46)50-14-26(32,33)24(5,6)29(37,38)30(39,40)52-16-43(9)21(31)28(43,36)53-25(7,8)27(34,35)15-51-23(47)42-11-13-49-20(45)18(3)4/h21H,1,3,10-16H2,2,4-9H3,(H-,41,42,46,47)/p+1. The van der Waals surface area contributed by atoms with E-state index < -0.39 is 122 Å². The van der Waals surface area contributed by atoms with E-state index >= 15 is 13.2 Å². The Morgan fingerprint density at radius 3 is 1.53 bits per heavy atom. The van der Waals surface area contributed by atoms with Crippen molar-refractivity contribution in [1.82, 2.24) is 10.6 Å². The maximum atomic E-state index is 15.5. The summed E-state index contributed by atoms with van der Waals surface area (Å²) in [5.41, 5.74) is -7.15. The molecule has 1 saturated heterocycles. The SMILES string of the molecule is C=C(C)C(=O)OCCNC(=O)OCC(F)(F)C(C)(C)OC1(F)C(F)[N+]1(C)COC(F)(F)C(F)(F)C(C)(C)C(F)(F)COC(=O)NCCOC(=O)C(=C)C. The molecule has 1 rings (SSSR count). The van der Waals surface area contributed by atoms with Crippen molar-refractivity contribution in [3.05, 3.63) is 24.3 Å². The second-order valence-corrected chi connectivity index (χ2v) is 13.1. The summed E-state index contributed by atoms with van der Waals surface area (Å²) in [6, 6.07) is 0. The fraction of sp³-hybridized carbons (Fsp3) is 0.733. The highest BCUT2D eigenvalue weighted by molar-refractivity contribution is 5.87. The Morgan fingerprint density at radius 1 is 0.736 bits per heavy atom. The van der Waals surface area contributed by atoms with Gasteiger partial charge in [0.05, 0.1) is 20.1 Å². The lowest BCUT2D eigenvalue weighted by Gasteiger charge is -2.42. The van der Waals surface area contributed by atoms with Crippen LogP contribution >= 0.6 is 0 Å². The number of esters is 2. The molecular weight excluding hydrogens is 752 g/mol. The third-order valence-corrected chi connectivity index (χ3v) is 7.96. The van der Waals surface area contributed by atoms with Gasteiger partial charge in [0, 0.05) is 11.1 Å². The molecular formula is C30H42F10N3O10+. The molecule has 3 unspecified atom stereocenters. The minimum Gasteiger partial charge on any atom is -0.460 e. The summed E-state index contributed by atoms with van der Waals surface area (Å²) >= 11 is 0. The molecule has 0 aromatic rings. The first-order valence-corrected chi connectivity index (χ1v) is 15.3. The van der Waals surface area contributed by atoms with Gasteiger partial charge >= 0.3 is 54.4 Å². The molecule has 1 aliphatic rings. The van der Waals surface area contributed by atoms with Crippen LogP contribution in [0.15, 0.2) is 24.3 Å². The van der Waals surface area contributed by atoms with Crippen molar-refractivity contribution in [2.24, 2.45) is 5.41 Å². The van der Waals surface area contributed by atoms with Gasteiger partial charge in [0.2, 0.25) is 0 Å². The van der Waals surface area contributed by atoms with Gasteiger partial charge in [-0.2, -0.15) is 35.2 Å². The monoisotopic (exact) mass is 794 g/mol. The van der Waals surface area contributed by atoms with Crippen molar-refractivity contribution in [2.45, 2.75) is 83.3 Å². The van der Waals surface area contributed by atoms with E-state index in [1.54, 1.807) is 0 Å². The van der Waals surface area contributed by atoms with E-state index in [4.69, 9.17) is 0 Å². The number of ether oxygens (including phenoxy) is 6. The third-order valence-electron chi connectivity index (χ3n) is 7.96. The zero-order chi connectivity index (χ0) is 41.6. The van der Waals surface area contributed by atoms with Crippen LogP contribution in [0.25, 0.3) is 0 Å². The van der Waals surface area contributed by atoms with Crippen molar-refractivity contribution in [1.29, 1.82) is 0 Å². The molecule has 0 aromatic heterocycles. The number of halogens is 10. The number of alkyl halides is 10. The molecule has 2 amide bonds. The van der Waals surface area contributed by atoms with Crippen molar-refractivity contribution in [3.63, 3.8) is 0 Å². The molecule has 0 aromatic carbocycles. The van der Waals surface area contributed by atoms with Crippen LogP contribution < -0.4 is 10.6 Å². The predicted octanol–water partition coefficient (Wildman–Crippen LogP) is 5.35. The number of amides is 2. The maximum absolute atomic E-state index is 15.5. The highest BCUT2D eigenvalue weighted by Crippen LogP contribution is 2.58. The Morgan fingerprint density at radius 2 is 1.13 bits per heavy atom. The van der Waals surface area contributed by atoms with E-state index in [0.29, 0.717) is 20.9 Å². The van der Waals surface area contributed by atoms with Crippen LogP contribution in [0.5, 0.6) is 0 Å². The molecule has 0 radical (unpaired) electrons. The minimum atomic E-state index is -5.91. The Kier molecular flexibility index (Phi) is 14.8. The van der Waals surface area contributed by atoms with Crippen LogP contribution in [0.1, 0.15) is 41.5 Å². The highest BCUT2D eigenvalue weighted by atomic mass is 19.3. The smallest absolute Gasteiger partial charge is 0.446 e. The summed E-state index contributed by atoms with van der Waals surface area (Å²) in [5, 5.41) is 3.80. The lowest BCUT2D eigenvalue weighted by atomic mass is 9.78. The number of nitrogens with zero attached hydrogens (tertiary/aromatic N) is 1. The quantitative estimate of drug-likeness (QED) is 0.0228. The molecule has 0 spiro atoms. The number of alkyl carbamates (subject to hydrolysis) is 2. The normalized spacial score (nSPS) is 20.9. The van der Waals surface area contributed by atoms with E-state index in [9.17, 15) is 49.9 Å². The van der Waals surface area contributed by atoms with Gasteiger partial charge in [0.15, 0.2) is 19.9 Å². The van der Waals surface area contributed by atoms with E-state index in [2.05, 4.69) is 41.6 Å². The number of hydrogen-bond acceptors (Lipinski definition) is 10. The van der Waals surface area contributed by atoms with Crippen LogP contribution in [0.3, 0.4) is 0 Å². The van der Waals surface area contributed by atoms with Gasteiger partial charge in [-0.25, -0.2) is 28.0 Å². The highest BCUT2D eigenvalue weighted by Gasteiger charge is 2.87. The van der Waals surface area contributed by atoms with E-state index in [-0.39, 0.29) is 25.0 Å². The van der Waals surface area contributed by atoms with Crippen molar-refractivity contribution in [3.8, 4) is 0 Å². The molecule has 0 bridgehead atoms. The number of likely N-dealkylation sites (N-methyl/N-ethyl adjacent to an activating group) is 1. The Labute approximate surface area is 297 Å². The van der Waals surface area contributed by atoms with Crippen molar-refractivity contribution < 1.29 is 96.0 Å². The molecule has 1 aliphatic heterocycles. The van der Waals surface area contributed by atoms with Gasteiger partial charge < -0.3 is 29.6 Å². The second-order valence-electron chi connectivity index (χ2n) is 13.1. The van der Waals surface area contributed by atoms with Crippen LogP contribution in [0.2, 0.25) is 0 Å². The zero-order valence-corrected chi connectivity index (χ0v) is 29.8. The maximum Gasteiger partial charge on any atom is 0.446 e. The molecule has 3 atom stereocenters. The van der Waals surface area contributed by atoms with Crippen molar-refractivity contribution in [2.75, 3.05) is 53.3 Å². The predicted molar refractivity (Wildman–Crippen MR) is 160 cm³/mol. The third kappa shape index (κ3) is 10.6. The van der Waals surface area contributed by atoms with Gasteiger partial charge in [0.25, 0.3) is 5.92 Å². The molecule has 1 fully saturated rings. The molecule has 2 N–H and O–H groups in total. The lowest BCUT2D eigenvalue weighted by molar-refractivity contribution is -0.884. The van der Waals surface area contributed by atoms with E-state index in [1.165, 1.54) is 13.8 Å². The van der Waals surface area contributed by atoms with Gasteiger partial charge in [0.1, 0.15) is 24.2 Å². The molecule has 0 saturated carbocycles. The Balaban J connectivity index is 2.87. The first-order valence-electron chi connectivity index (χ1n) is 15.3. The zero-order valence-electron chi connectivity index (χ0n) is 29.8. The summed E-state index contributed by atoms with van der Waals surface area (Å²) in [7, 11) is 0.406. The fourth-order valence-electron chi connectivity index (χ4n) is 3.72. The number of carbonyl (C=O) groups is 4. The summed E-state index contributed by atoms with van der Waals surface area (Å²) in [6.07, 6.45) is -12.1. The molecule has 1 heterocycles. The Bertz CT molecular complexity index is 1400. The summed E-state index contributed by atoms with van der Waals surface area (Å²) in [4.78, 5) is 46.0. The number of quaternary nitrogens is 1. The molecule has 53 heavy (non-hydrogen) atoms. The average Bonchev–Trinajstić information content (AvgIpc) is 3.45. The van der Waals surface area contributed by atoms with Gasteiger partial charge in [-0.05, 0) is 41.5 Å². The number of carbonyl (C=O) groups excluding carboxylic acids is 4. The fourth-order valence-corrected chi connectivity index (χ4v) is 3.72. The van der Waals surface area contributed by atoms with Gasteiger partial charge in [-0.1, -0.05) is 13.2 Å². The molecule has 0 aliphatic carbocycles. The molecule has 13 nitrogen and oxygen atoms in total. The van der Waals surface area contributed by atoms with Crippen molar-refractivity contribution >= 4 is 24.1 Å². The van der Waals surface area contributed by atoms with Gasteiger partial charge in [-0.15, -0.1) is 4.39 Å². The van der Waals surface area contributed by atoms with Crippen LogP contribution in [-0.2, 0) is 38.0 Å². The second kappa shape index (κ2) is 16.7. The topological polar surface area (TPSA) is 148 Å². The number of rotatable bonds is 21. The van der Waals surface area contributed by atoms with Crippen LogP contribution in [0, 0.1) is 5.41 Å². The largest absolute Gasteiger partial charge is 0.460 e. The summed E-state index contributed by atoms with van der Waals surface area (Å²) < 4.78 is 174. The summed E-state index contributed by atoms with van der Waals surface area (Å²) in [6.45, 7) is 2.34. The molecule has 306 valence electrons. The van der Waals surface area contributed by atoms with Crippen LogP contribution in [0.4, 0.5) is 53.5 Å².